The van der Waals surface area contributed by atoms with Crippen molar-refractivity contribution in [3.05, 3.63) is 65.0 Å². The molecule has 1 heterocycles. The summed E-state index contributed by atoms with van der Waals surface area (Å²) in [6.07, 6.45) is 0.242. The SMILES string of the molecule is O=C1CC(C(=O)NC2(C(=O)O)Cc3ccccc3C2)c2ccc(F)cc2N1. The van der Waals surface area contributed by atoms with E-state index in [1.165, 1.54) is 12.1 Å². The number of rotatable bonds is 3. The second-order valence-electron chi connectivity index (χ2n) is 7.04. The van der Waals surface area contributed by atoms with Gasteiger partial charge in [-0.3, -0.25) is 9.59 Å². The first kappa shape index (κ1) is 17.2. The van der Waals surface area contributed by atoms with E-state index in [2.05, 4.69) is 10.6 Å². The minimum absolute atomic E-state index is 0.118. The number of fused-ring (bicyclic) bond motifs is 2. The molecule has 27 heavy (non-hydrogen) atoms. The molecule has 0 spiro atoms. The van der Waals surface area contributed by atoms with Gasteiger partial charge in [-0.2, -0.15) is 0 Å². The summed E-state index contributed by atoms with van der Waals surface area (Å²) in [4.78, 5) is 36.9. The normalized spacial score (nSPS) is 19.6. The molecule has 0 radical (unpaired) electrons. The molecule has 1 unspecified atom stereocenters. The van der Waals surface area contributed by atoms with Gasteiger partial charge in [-0.05, 0) is 28.8 Å². The molecule has 4 rings (SSSR count). The van der Waals surface area contributed by atoms with E-state index < -0.39 is 35.1 Å². The molecule has 1 aliphatic carbocycles. The van der Waals surface area contributed by atoms with E-state index in [4.69, 9.17) is 0 Å². The predicted octanol–water partition coefficient (Wildman–Crippen LogP) is 1.99. The van der Waals surface area contributed by atoms with Crippen LogP contribution in [0, 0.1) is 5.82 Å². The first-order chi connectivity index (χ1) is 12.9. The topological polar surface area (TPSA) is 95.5 Å². The fourth-order valence-electron chi connectivity index (χ4n) is 3.90. The fourth-order valence-corrected chi connectivity index (χ4v) is 3.90. The van der Waals surface area contributed by atoms with Crippen LogP contribution in [-0.4, -0.2) is 28.4 Å². The Morgan fingerprint density at radius 2 is 1.81 bits per heavy atom. The van der Waals surface area contributed by atoms with E-state index >= 15 is 0 Å². The standard InChI is InChI=1S/C20H17FN2O4/c21-13-5-6-14-15(8-17(24)22-16(14)7-13)18(25)23-20(19(26)27)9-11-3-1-2-4-12(11)10-20/h1-7,15H,8-10H2,(H,22,24)(H,23,25)(H,26,27). The Balaban J connectivity index is 1.64. The monoisotopic (exact) mass is 368 g/mol. The lowest BCUT2D eigenvalue weighted by Crippen LogP contribution is -2.57. The average molecular weight is 368 g/mol. The van der Waals surface area contributed by atoms with Gasteiger partial charge in [-0.25, -0.2) is 9.18 Å². The van der Waals surface area contributed by atoms with Crippen molar-refractivity contribution in [1.29, 1.82) is 0 Å². The first-order valence-electron chi connectivity index (χ1n) is 8.59. The number of carboxylic acid groups (broad SMARTS) is 1. The molecular weight excluding hydrogens is 351 g/mol. The maximum absolute atomic E-state index is 13.5. The highest BCUT2D eigenvalue weighted by Gasteiger charge is 2.46. The first-order valence-corrected chi connectivity index (χ1v) is 8.59. The maximum atomic E-state index is 13.5. The van der Waals surface area contributed by atoms with Gasteiger partial charge >= 0.3 is 5.97 Å². The number of aliphatic carboxylic acids is 1. The van der Waals surface area contributed by atoms with Crippen molar-refractivity contribution in [2.75, 3.05) is 5.32 Å². The van der Waals surface area contributed by atoms with Gasteiger partial charge in [0.05, 0.1) is 5.92 Å². The van der Waals surface area contributed by atoms with Crippen LogP contribution in [0.1, 0.15) is 29.0 Å². The van der Waals surface area contributed by atoms with Crippen molar-refractivity contribution in [3.63, 3.8) is 0 Å². The summed E-state index contributed by atoms with van der Waals surface area (Å²) < 4.78 is 13.5. The van der Waals surface area contributed by atoms with Crippen molar-refractivity contribution >= 4 is 23.5 Å². The van der Waals surface area contributed by atoms with Crippen LogP contribution in [0.2, 0.25) is 0 Å². The molecule has 1 aliphatic heterocycles. The number of hydrogen-bond acceptors (Lipinski definition) is 3. The van der Waals surface area contributed by atoms with Crippen LogP contribution >= 0.6 is 0 Å². The molecule has 2 amide bonds. The maximum Gasteiger partial charge on any atom is 0.330 e. The number of hydrogen-bond donors (Lipinski definition) is 3. The van der Waals surface area contributed by atoms with Crippen molar-refractivity contribution in [3.8, 4) is 0 Å². The largest absolute Gasteiger partial charge is 0.479 e. The summed E-state index contributed by atoms with van der Waals surface area (Å²) in [6.45, 7) is 0. The summed E-state index contributed by atoms with van der Waals surface area (Å²) in [5.74, 6) is -3.47. The van der Waals surface area contributed by atoms with Crippen molar-refractivity contribution in [1.82, 2.24) is 5.32 Å². The third kappa shape index (κ3) is 2.95. The van der Waals surface area contributed by atoms with Crippen LogP contribution in [0.3, 0.4) is 0 Å². The smallest absolute Gasteiger partial charge is 0.330 e. The molecule has 2 aromatic carbocycles. The summed E-state index contributed by atoms with van der Waals surface area (Å²) in [5, 5.41) is 15.0. The quantitative estimate of drug-likeness (QED) is 0.772. The molecule has 0 saturated heterocycles. The number of nitrogens with one attached hydrogen (secondary N) is 2. The molecule has 0 saturated carbocycles. The van der Waals surface area contributed by atoms with E-state index in [0.717, 1.165) is 17.2 Å². The van der Waals surface area contributed by atoms with Gasteiger partial charge < -0.3 is 15.7 Å². The lowest BCUT2D eigenvalue weighted by Gasteiger charge is -2.30. The molecule has 7 heteroatoms. The Labute approximate surface area is 154 Å². The zero-order valence-electron chi connectivity index (χ0n) is 14.3. The highest BCUT2D eigenvalue weighted by Crippen LogP contribution is 2.35. The number of halogens is 1. The van der Waals surface area contributed by atoms with E-state index in [-0.39, 0.29) is 24.9 Å². The summed E-state index contributed by atoms with van der Waals surface area (Å²) >= 11 is 0. The van der Waals surface area contributed by atoms with Crippen molar-refractivity contribution < 1.29 is 23.9 Å². The molecule has 3 N–H and O–H groups in total. The number of carbonyl (C=O) groups excluding carboxylic acids is 2. The molecule has 6 nitrogen and oxygen atoms in total. The third-order valence-electron chi connectivity index (χ3n) is 5.25. The second-order valence-corrected chi connectivity index (χ2v) is 7.04. The third-order valence-corrected chi connectivity index (χ3v) is 5.25. The Morgan fingerprint density at radius 1 is 1.15 bits per heavy atom. The van der Waals surface area contributed by atoms with Crippen LogP contribution in [0.4, 0.5) is 10.1 Å². The van der Waals surface area contributed by atoms with E-state index in [1.807, 2.05) is 24.3 Å². The second kappa shape index (κ2) is 6.19. The van der Waals surface area contributed by atoms with Gasteiger partial charge in [-0.15, -0.1) is 0 Å². The van der Waals surface area contributed by atoms with E-state index in [1.54, 1.807) is 0 Å². The molecule has 0 aromatic heterocycles. The minimum atomic E-state index is -1.45. The van der Waals surface area contributed by atoms with Gasteiger partial charge in [0.15, 0.2) is 0 Å². The molecule has 2 aromatic rings. The number of carbonyl (C=O) groups is 3. The number of anilines is 1. The van der Waals surface area contributed by atoms with E-state index in [9.17, 15) is 23.9 Å². The lowest BCUT2D eigenvalue weighted by atomic mass is 9.87. The van der Waals surface area contributed by atoms with Gasteiger partial charge in [0.2, 0.25) is 11.8 Å². The highest BCUT2D eigenvalue weighted by molar-refractivity contribution is 6.02. The zero-order chi connectivity index (χ0) is 19.2. The molecule has 0 bridgehead atoms. The molecule has 0 fully saturated rings. The van der Waals surface area contributed by atoms with E-state index in [0.29, 0.717) is 5.56 Å². The van der Waals surface area contributed by atoms with Gasteiger partial charge in [0.1, 0.15) is 11.4 Å². The summed E-state index contributed by atoms with van der Waals surface area (Å²) in [7, 11) is 0. The van der Waals surface area contributed by atoms with Crippen LogP contribution in [-0.2, 0) is 27.2 Å². The van der Waals surface area contributed by atoms with Crippen molar-refractivity contribution in [2.24, 2.45) is 0 Å². The Morgan fingerprint density at radius 3 is 2.44 bits per heavy atom. The van der Waals surface area contributed by atoms with Crippen LogP contribution < -0.4 is 10.6 Å². The van der Waals surface area contributed by atoms with Gasteiger partial charge in [-0.1, -0.05) is 30.3 Å². The molecule has 1 atom stereocenters. The predicted molar refractivity (Wildman–Crippen MR) is 94.7 cm³/mol. The summed E-state index contributed by atoms with van der Waals surface area (Å²) in [6, 6.07) is 11.2. The molecule has 2 aliphatic rings. The van der Waals surface area contributed by atoms with Gasteiger partial charge in [0.25, 0.3) is 0 Å². The van der Waals surface area contributed by atoms with Gasteiger partial charge in [0, 0.05) is 24.9 Å². The zero-order valence-corrected chi connectivity index (χ0v) is 14.3. The Kier molecular flexibility index (Phi) is 3.95. The number of amides is 2. The summed E-state index contributed by atoms with van der Waals surface area (Å²) in [5.41, 5.74) is 1.03. The number of benzene rings is 2. The Hall–Kier alpha value is -3.22. The number of carboxylic acids is 1. The van der Waals surface area contributed by atoms with Crippen molar-refractivity contribution in [2.45, 2.75) is 30.7 Å². The highest BCUT2D eigenvalue weighted by atomic mass is 19.1. The van der Waals surface area contributed by atoms with Crippen LogP contribution in [0.5, 0.6) is 0 Å². The van der Waals surface area contributed by atoms with Crippen LogP contribution in [0.25, 0.3) is 0 Å². The lowest BCUT2D eigenvalue weighted by molar-refractivity contribution is -0.147. The van der Waals surface area contributed by atoms with Crippen LogP contribution in [0.15, 0.2) is 42.5 Å². The minimum Gasteiger partial charge on any atom is -0.479 e. The fraction of sp³-hybridized carbons (Fsp3) is 0.250. The Bertz CT molecular complexity index is 947. The average Bonchev–Trinajstić information content (AvgIpc) is 3.00. The molecular formula is C20H17FN2O4. The molecule has 138 valence electrons.